The smallest absolute Gasteiger partial charge is 0.319 e. The van der Waals surface area contributed by atoms with E-state index in [1.165, 1.54) is 4.68 Å². The number of fused-ring (bicyclic) bond motifs is 1. The summed E-state index contributed by atoms with van der Waals surface area (Å²) in [4.78, 5) is 0. The molecule has 0 saturated heterocycles. The average molecular weight is 163 g/mol. The van der Waals surface area contributed by atoms with Crippen LogP contribution in [-0.4, -0.2) is 15.0 Å². The molecule has 0 aliphatic carbocycles. The molecule has 0 radical (unpaired) electrons. The maximum Gasteiger partial charge on any atom is 1.00 e. The quantitative estimate of drug-likeness (QED) is 0.287. The first-order chi connectivity index (χ1) is 5.92. The molecule has 0 aliphatic rings. The molecule has 0 N–H and O–H groups in total. The number of benzene rings is 1. The van der Waals surface area contributed by atoms with E-state index in [1.54, 1.807) is 0 Å². The molecule has 1 aromatic carbocycles. The number of para-hydroxylation sites is 1. The van der Waals surface area contributed by atoms with Gasteiger partial charge in [-0.1, -0.05) is 23.4 Å². The third kappa shape index (κ3) is 1.73. The third-order valence-corrected chi connectivity index (χ3v) is 1.54. The maximum absolute atomic E-state index is 3.92. The molecule has 13 heavy (non-hydrogen) atoms. The summed E-state index contributed by atoms with van der Waals surface area (Å²) in [5.74, 6) is 0. The van der Waals surface area contributed by atoms with Crippen LogP contribution in [0.5, 0.6) is 0 Å². The van der Waals surface area contributed by atoms with E-state index in [0.29, 0.717) is 0 Å². The summed E-state index contributed by atoms with van der Waals surface area (Å²) < 4.78 is 1.52. The minimum Gasteiger partial charge on any atom is -0.319 e. The summed E-state index contributed by atoms with van der Waals surface area (Å²) in [6, 6.07) is 7.65. The van der Waals surface area contributed by atoms with Crippen molar-refractivity contribution in [2.75, 3.05) is 0 Å². The minimum absolute atomic E-state index is 0. The van der Waals surface area contributed by atoms with Crippen molar-refractivity contribution in [3.63, 3.8) is 0 Å². The number of rotatable bonds is 1. The summed E-state index contributed by atoms with van der Waals surface area (Å²) in [6.45, 7) is 3.42. The Morgan fingerprint density at radius 3 is 2.92 bits per heavy atom. The Morgan fingerprint density at radius 2 is 2.15 bits per heavy atom. The minimum atomic E-state index is 0. The van der Waals surface area contributed by atoms with Crippen LogP contribution >= 0.6 is 0 Å². The molecule has 58 valence electrons. The standard InChI is InChI=1S/C9H6N3.Li/c1-2-7-12-9-6-4-3-5-8(9)10-11-12;/h3-6H,1H2;/q-1;+1. The van der Waals surface area contributed by atoms with E-state index >= 15 is 0 Å². The van der Waals surface area contributed by atoms with Crippen LogP contribution in [0.25, 0.3) is 11.0 Å². The fourth-order valence-corrected chi connectivity index (χ4v) is 1.03. The van der Waals surface area contributed by atoms with Gasteiger partial charge in [0.05, 0.1) is 5.52 Å². The molecule has 1 heterocycles. The maximum atomic E-state index is 3.92. The van der Waals surface area contributed by atoms with Crippen molar-refractivity contribution < 1.29 is 18.9 Å². The van der Waals surface area contributed by atoms with E-state index in [1.807, 2.05) is 24.3 Å². The van der Waals surface area contributed by atoms with Crippen molar-refractivity contribution in [3.05, 3.63) is 42.8 Å². The van der Waals surface area contributed by atoms with Crippen molar-refractivity contribution in [2.24, 2.45) is 0 Å². The Labute approximate surface area is 87.9 Å². The van der Waals surface area contributed by atoms with Gasteiger partial charge >= 0.3 is 18.9 Å². The van der Waals surface area contributed by atoms with Gasteiger partial charge in [-0.05, 0) is 17.8 Å². The predicted octanol–water partition coefficient (Wildman–Crippen LogP) is -1.61. The van der Waals surface area contributed by atoms with Crippen LogP contribution in [0.2, 0.25) is 0 Å². The van der Waals surface area contributed by atoms with Crippen LogP contribution < -0.4 is 18.9 Å². The fourth-order valence-electron chi connectivity index (χ4n) is 1.03. The number of hydrogen-bond acceptors (Lipinski definition) is 2. The molecular weight excluding hydrogens is 157 g/mol. The van der Waals surface area contributed by atoms with Gasteiger partial charge in [-0.3, -0.25) is 0 Å². The van der Waals surface area contributed by atoms with Crippen molar-refractivity contribution in [2.45, 2.75) is 0 Å². The first-order valence-corrected chi connectivity index (χ1v) is 3.50. The van der Waals surface area contributed by atoms with Crippen molar-refractivity contribution >= 4 is 11.0 Å². The molecule has 0 fully saturated rings. The Bertz CT molecular complexity index is 455. The third-order valence-electron chi connectivity index (χ3n) is 1.54. The first-order valence-electron chi connectivity index (χ1n) is 3.50. The van der Waals surface area contributed by atoms with Gasteiger partial charge in [0.1, 0.15) is 0 Å². The number of nitrogens with zero attached hydrogens (tertiary/aromatic N) is 3. The monoisotopic (exact) mass is 163 g/mol. The molecule has 0 saturated carbocycles. The van der Waals surface area contributed by atoms with Gasteiger partial charge in [0.15, 0.2) is 0 Å². The van der Waals surface area contributed by atoms with Gasteiger partial charge in [-0.2, -0.15) is 6.58 Å². The van der Waals surface area contributed by atoms with Crippen LogP contribution in [0, 0.1) is 6.20 Å². The summed E-state index contributed by atoms with van der Waals surface area (Å²) in [7, 11) is 0. The molecule has 0 amide bonds. The van der Waals surface area contributed by atoms with Crippen LogP contribution in [0.15, 0.2) is 36.6 Å². The van der Waals surface area contributed by atoms with Gasteiger partial charge in [-0.25, -0.2) is 5.73 Å². The largest absolute Gasteiger partial charge is 1.00 e. The summed E-state index contributed by atoms with van der Waals surface area (Å²) >= 11 is 0. The first kappa shape index (κ1) is 9.82. The molecule has 2 rings (SSSR count). The van der Waals surface area contributed by atoms with Crippen LogP contribution in [0.1, 0.15) is 0 Å². The number of aromatic nitrogens is 3. The Balaban J connectivity index is 0.000000845. The van der Waals surface area contributed by atoms with E-state index in [9.17, 15) is 0 Å². The molecule has 3 nitrogen and oxygen atoms in total. The second kappa shape index (κ2) is 4.11. The SMILES string of the molecule is C=C=[C-]n1nnc2ccccc21.[Li+]. The summed E-state index contributed by atoms with van der Waals surface area (Å²) in [5.41, 5.74) is 4.28. The molecule has 0 bridgehead atoms. The Kier molecular flexibility index (Phi) is 3.11. The van der Waals surface area contributed by atoms with Crippen molar-refractivity contribution in [1.29, 1.82) is 0 Å². The molecule has 4 heteroatoms. The second-order valence-electron chi connectivity index (χ2n) is 2.28. The molecular formula is C9H6LiN3. The predicted molar refractivity (Wildman–Crippen MR) is 45.3 cm³/mol. The van der Waals surface area contributed by atoms with Crippen molar-refractivity contribution in [1.82, 2.24) is 15.0 Å². The van der Waals surface area contributed by atoms with Crippen LogP contribution in [0.3, 0.4) is 0 Å². The molecule has 0 unspecified atom stereocenters. The van der Waals surface area contributed by atoms with Gasteiger partial charge in [0, 0.05) is 0 Å². The Morgan fingerprint density at radius 1 is 1.38 bits per heavy atom. The van der Waals surface area contributed by atoms with Gasteiger partial charge in [-0.15, -0.1) is 5.10 Å². The van der Waals surface area contributed by atoms with Crippen LogP contribution in [-0.2, 0) is 0 Å². The van der Waals surface area contributed by atoms with Gasteiger partial charge < -0.3 is 4.68 Å². The zero-order valence-corrected chi connectivity index (χ0v) is 7.36. The van der Waals surface area contributed by atoms with E-state index in [2.05, 4.69) is 28.8 Å². The zero-order chi connectivity index (χ0) is 8.39. The molecule has 2 aromatic rings. The van der Waals surface area contributed by atoms with Crippen molar-refractivity contribution in [3.8, 4) is 0 Å². The van der Waals surface area contributed by atoms with Gasteiger partial charge in [0.2, 0.25) is 0 Å². The van der Waals surface area contributed by atoms with E-state index in [-0.39, 0.29) is 18.9 Å². The molecule has 1 aromatic heterocycles. The van der Waals surface area contributed by atoms with E-state index < -0.39 is 0 Å². The average Bonchev–Trinajstić information content (AvgIpc) is 2.50. The summed E-state index contributed by atoms with van der Waals surface area (Å²) in [6.07, 6.45) is 2.71. The molecule has 0 spiro atoms. The second-order valence-corrected chi connectivity index (χ2v) is 2.28. The zero-order valence-electron chi connectivity index (χ0n) is 7.36. The van der Waals surface area contributed by atoms with E-state index in [4.69, 9.17) is 0 Å². The normalized spacial score (nSPS) is 8.92. The molecule has 0 aliphatic heterocycles. The van der Waals surface area contributed by atoms with E-state index in [0.717, 1.165) is 11.0 Å². The topological polar surface area (TPSA) is 30.7 Å². The summed E-state index contributed by atoms with van der Waals surface area (Å²) in [5, 5.41) is 7.76. The number of hydrogen-bond donors (Lipinski definition) is 0. The molecule has 0 atom stereocenters. The van der Waals surface area contributed by atoms with Gasteiger partial charge in [0.25, 0.3) is 0 Å². The van der Waals surface area contributed by atoms with Crippen LogP contribution in [0.4, 0.5) is 0 Å². The fraction of sp³-hybridized carbons (Fsp3) is 0. The Hall–Kier alpha value is -1.26.